The number of para-hydroxylation sites is 1. The molecule has 0 amide bonds. The monoisotopic (exact) mass is 899 g/mol. The largest absolute Gasteiger partial charge is 0.341 e. The van der Waals surface area contributed by atoms with Crippen molar-refractivity contribution in [3.05, 3.63) is 255 Å². The van der Waals surface area contributed by atoms with Crippen LogP contribution in [-0.2, 0) is 0 Å². The lowest BCUT2D eigenvalue weighted by Gasteiger charge is -2.40. The molecule has 69 heavy (non-hydrogen) atoms. The molecule has 0 aliphatic carbocycles. The third-order valence-corrected chi connectivity index (χ3v) is 14.9. The van der Waals surface area contributed by atoms with Crippen molar-refractivity contribution in [3.63, 3.8) is 0 Å². The lowest BCUT2D eigenvalue weighted by Crippen LogP contribution is -2.24. The van der Waals surface area contributed by atoms with Gasteiger partial charge in [-0.05, 0) is 129 Å². The summed E-state index contributed by atoms with van der Waals surface area (Å²) in [7, 11) is 2.21. The van der Waals surface area contributed by atoms with Gasteiger partial charge in [0.15, 0.2) is 0 Å². The Labute approximate surface area is 406 Å². The molecule has 4 heteroatoms. The van der Waals surface area contributed by atoms with Crippen LogP contribution >= 0.6 is 11.3 Å². The number of anilines is 8. The number of rotatable bonds is 8. The van der Waals surface area contributed by atoms with Crippen LogP contribution in [-0.4, -0.2) is 7.05 Å². The summed E-state index contributed by atoms with van der Waals surface area (Å²) in [5, 5.41) is 5.06. The topological polar surface area (TPSA) is 9.72 Å². The maximum Gasteiger partial charge on any atom is 0.0701 e. The Morgan fingerprint density at radius 2 is 0.812 bits per heavy atom. The summed E-state index contributed by atoms with van der Waals surface area (Å²) in [6, 6.07) is 93.0. The highest BCUT2D eigenvalue weighted by Crippen LogP contribution is 2.54. The molecule has 1 aliphatic rings. The number of thiophene rings is 1. The second-order valence-corrected chi connectivity index (χ2v) is 18.9. The van der Waals surface area contributed by atoms with Crippen molar-refractivity contribution in [1.82, 2.24) is 0 Å². The summed E-state index contributed by atoms with van der Waals surface area (Å²) in [5.41, 5.74) is 18.5. The van der Waals surface area contributed by atoms with E-state index >= 15 is 0 Å². The summed E-state index contributed by atoms with van der Waals surface area (Å²) in [4.78, 5) is 7.19. The molecule has 1 aliphatic heterocycles. The maximum atomic E-state index is 2.43. The molecule has 2 heterocycles. The van der Waals surface area contributed by atoms with Gasteiger partial charge in [0, 0.05) is 49.7 Å². The lowest BCUT2D eigenvalue weighted by atomic mass is 9.97. The third kappa shape index (κ3) is 7.21. The Bertz CT molecular complexity index is 3840. The normalized spacial score (nSPS) is 12.1. The summed E-state index contributed by atoms with van der Waals surface area (Å²) in [6.07, 6.45) is 0. The van der Waals surface area contributed by atoms with Crippen molar-refractivity contribution >= 4 is 87.8 Å². The van der Waals surface area contributed by atoms with Crippen molar-refractivity contribution < 1.29 is 0 Å². The van der Waals surface area contributed by atoms with Gasteiger partial charge in [-0.25, -0.2) is 0 Å². The molecule has 0 fully saturated rings. The van der Waals surface area contributed by atoms with Gasteiger partial charge >= 0.3 is 0 Å². The number of nitrogens with zero attached hydrogens (tertiary/aromatic N) is 3. The Morgan fingerprint density at radius 1 is 0.319 bits per heavy atom. The molecule has 13 rings (SSSR count). The molecule has 11 aromatic carbocycles. The van der Waals surface area contributed by atoms with Crippen molar-refractivity contribution in [1.29, 1.82) is 0 Å². The zero-order valence-corrected chi connectivity index (χ0v) is 38.8. The zero-order chi connectivity index (χ0) is 45.8. The Hall–Kier alpha value is -8.70. The quantitative estimate of drug-likeness (QED) is 0.150. The molecule has 12 aromatic rings. The van der Waals surface area contributed by atoms with Crippen molar-refractivity contribution in [3.8, 4) is 44.5 Å². The van der Waals surface area contributed by atoms with Crippen LogP contribution in [0.25, 0.3) is 75.5 Å². The Kier molecular flexibility index (Phi) is 9.92. The van der Waals surface area contributed by atoms with E-state index in [1.807, 2.05) is 11.3 Å². The number of benzene rings is 11. The van der Waals surface area contributed by atoms with Crippen LogP contribution in [0.4, 0.5) is 45.5 Å². The van der Waals surface area contributed by atoms with E-state index in [0.717, 1.165) is 45.5 Å². The summed E-state index contributed by atoms with van der Waals surface area (Å²) >= 11 is 1.86. The van der Waals surface area contributed by atoms with Crippen LogP contribution in [0.15, 0.2) is 255 Å². The number of hydrogen-bond donors (Lipinski definition) is 0. The molecule has 0 spiro atoms. The molecule has 1 aromatic heterocycles. The SMILES string of the molecule is CN1c2cc(-c3ccc(-c4ccccc4)cc3)ccc2N(c2ccc(-c3ccc(-c4ccc5sc6ccccc6c5c4)cc3)cc2)c2ccc(N(c3ccccc3)c3cccc4ccccc34)cc21. The Balaban J connectivity index is 0.892. The third-order valence-electron chi connectivity index (χ3n) is 13.8. The first-order valence-electron chi connectivity index (χ1n) is 23.5. The van der Waals surface area contributed by atoms with Crippen molar-refractivity contribution in [2.75, 3.05) is 21.7 Å². The van der Waals surface area contributed by atoms with Gasteiger partial charge in [0.05, 0.1) is 28.4 Å². The van der Waals surface area contributed by atoms with E-state index < -0.39 is 0 Å². The molecular weight excluding hydrogens is 855 g/mol. The highest BCUT2D eigenvalue weighted by atomic mass is 32.1. The van der Waals surface area contributed by atoms with E-state index in [1.165, 1.54) is 75.5 Å². The average Bonchev–Trinajstić information content (AvgIpc) is 3.80. The minimum Gasteiger partial charge on any atom is -0.341 e. The van der Waals surface area contributed by atoms with Crippen LogP contribution in [0.5, 0.6) is 0 Å². The first-order chi connectivity index (χ1) is 34.1. The van der Waals surface area contributed by atoms with Crippen LogP contribution in [0.3, 0.4) is 0 Å². The predicted octanol–water partition coefficient (Wildman–Crippen LogP) is 18.9. The highest BCUT2D eigenvalue weighted by molar-refractivity contribution is 7.25. The van der Waals surface area contributed by atoms with E-state index in [2.05, 4.69) is 277 Å². The molecule has 3 nitrogen and oxygen atoms in total. The van der Waals surface area contributed by atoms with Gasteiger partial charge in [-0.3, -0.25) is 0 Å². The van der Waals surface area contributed by atoms with E-state index in [9.17, 15) is 0 Å². The van der Waals surface area contributed by atoms with Gasteiger partial charge in [-0.15, -0.1) is 11.3 Å². The summed E-state index contributed by atoms with van der Waals surface area (Å²) in [5.74, 6) is 0. The Morgan fingerprint density at radius 3 is 1.52 bits per heavy atom. The van der Waals surface area contributed by atoms with E-state index in [0.29, 0.717) is 0 Å². The van der Waals surface area contributed by atoms with Crippen LogP contribution in [0, 0.1) is 0 Å². The van der Waals surface area contributed by atoms with Crippen LogP contribution in [0.2, 0.25) is 0 Å². The van der Waals surface area contributed by atoms with E-state index in [4.69, 9.17) is 0 Å². The maximum absolute atomic E-state index is 2.43. The second-order valence-electron chi connectivity index (χ2n) is 17.8. The molecule has 326 valence electrons. The van der Waals surface area contributed by atoms with Gasteiger partial charge in [0.2, 0.25) is 0 Å². The van der Waals surface area contributed by atoms with Gasteiger partial charge in [0.25, 0.3) is 0 Å². The van der Waals surface area contributed by atoms with Gasteiger partial charge in [0.1, 0.15) is 0 Å². The molecular formula is C65H45N3S. The minimum absolute atomic E-state index is 1.08. The standard InChI is InChI=1S/C65H45N3S/c1-66-62-42-52(49-29-23-45(24-30-49)44-13-4-2-5-14-44)33-38-60(62)68(61-39-37-55(43-63(61)66)67(53-17-6-3-7-18-53)59-21-12-16-50-15-8-9-19-56(50)59)54-35-31-47(32-36-54)46-25-27-48(28-26-46)51-34-40-65-58(41-51)57-20-10-11-22-64(57)69-65/h2-43H,1H3. The molecule has 0 atom stereocenters. The van der Waals surface area contributed by atoms with Gasteiger partial charge in [-0.1, -0.05) is 176 Å². The fourth-order valence-electron chi connectivity index (χ4n) is 10.3. The van der Waals surface area contributed by atoms with Crippen LogP contribution < -0.4 is 14.7 Å². The molecule has 0 saturated heterocycles. The number of fused-ring (bicyclic) bond motifs is 6. The van der Waals surface area contributed by atoms with Crippen LogP contribution in [0.1, 0.15) is 0 Å². The second kappa shape index (κ2) is 16.9. The van der Waals surface area contributed by atoms with E-state index in [1.54, 1.807) is 0 Å². The predicted molar refractivity (Wildman–Crippen MR) is 296 cm³/mol. The number of hydrogen-bond acceptors (Lipinski definition) is 4. The first-order valence-corrected chi connectivity index (χ1v) is 24.4. The minimum atomic E-state index is 1.08. The molecule has 0 bridgehead atoms. The van der Waals surface area contributed by atoms with E-state index in [-0.39, 0.29) is 0 Å². The average molecular weight is 900 g/mol. The fraction of sp³-hybridized carbons (Fsp3) is 0.0154. The van der Waals surface area contributed by atoms with Crippen molar-refractivity contribution in [2.45, 2.75) is 0 Å². The van der Waals surface area contributed by atoms with Gasteiger partial charge < -0.3 is 14.7 Å². The summed E-state index contributed by atoms with van der Waals surface area (Å²) < 4.78 is 2.66. The molecule has 0 unspecified atom stereocenters. The molecule has 0 saturated carbocycles. The van der Waals surface area contributed by atoms with Gasteiger partial charge in [-0.2, -0.15) is 0 Å². The highest BCUT2D eigenvalue weighted by Gasteiger charge is 2.30. The first kappa shape index (κ1) is 40.6. The smallest absolute Gasteiger partial charge is 0.0701 e. The summed E-state index contributed by atoms with van der Waals surface area (Å²) in [6.45, 7) is 0. The lowest BCUT2D eigenvalue weighted by molar-refractivity contribution is 1.12. The molecule has 0 N–H and O–H groups in total. The zero-order valence-electron chi connectivity index (χ0n) is 38.0. The molecule has 0 radical (unpaired) electrons. The van der Waals surface area contributed by atoms with Crippen molar-refractivity contribution in [2.24, 2.45) is 0 Å². The fourth-order valence-corrected chi connectivity index (χ4v) is 11.4.